The van der Waals surface area contributed by atoms with Crippen LogP contribution in [0.5, 0.6) is 5.75 Å². The van der Waals surface area contributed by atoms with Crippen molar-refractivity contribution < 1.29 is 14.6 Å². The van der Waals surface area contributed by atoms with Crippen LogP contribution >= 0.6 is 0 Å². The lowest BCUT2D eigenvalue weighted by atomic mass is 10.1. The highest BCUT2D eigenvalue weighted by Gasteiger charge is 1.99. The third-order valence-electron chi connectivity index (χ3n) is 2.06. The Kier molecular flexibility index (Phi) is 5.15. The molecule has 0 saturated carbocycles. The Morgan fingerprint density at radius 3 is 2.67 bits per heavy atom. The molecule has 84 valence electrons. The molecule has 0 aliphatic carbocycles. The maximum atomic E-state index is 8.50. The van der Waals surface area contributed by atoms with Gasteiger partial charge in [-0.05, 0) is 31.0 Å². The second-order valence-corrected chi connectivity index (χ2v) is 3.45. The van der Waals surface area contributed by atoms with E-state index in [0.29, 0.717) is 19.8 Å². The molecule has 0 fully saturated rings. The third-order valence-corrected chi connectivity index (χ3v) is 2.06. The van der Waals surface area contributed by atoms with Crippen molar-refractivity contribution >= 4 is 0 Å². The number of hydrogen-bond donors (Lipinski definition) is 1. The Morgan fingerprint density at radius 2 is 1.93 bits per heavy atom. The van der Waals surface area contributed by atoms with Crippen molar-refractivity contribution in [3.05, 3.63) is 29.3 Å². The van der Waals surface area contributed by atoms with Crippen molar-refractivity contribution in [1.29, 1.82) is 0 Å². The molecule has 1 aromatic rings. The molecule has 0 amide bonds. The quantitative estimate of drug-likeness (QED) is 0.726. The van der Waals surface area contributed by atoms with E-state index >= 15 is 0 Å². The number of ether oxygens (including phenoxy) is 2. The number of aryl methyl sites for hydroxylation is 2. The van der Waals surface area contributed by atoms with Gasteiger partial charge in [0.15, 0.2) is 0 Å². The second kappa shape index (κ2) is 6.43. The zero-order valence-electron chi connectivity index (χ0n) is 9.32. The minimum absolute atomic E-state index is 0.0590. The third kappa shape index (κ3) is 4.32. The van der Waals surface area contributed by atoms with Crippen molar-refractivity contribution in [3.8, 4) is 5.75 Å². The van der Waals surface area contributed by atoms with Gasteiger partial charge in [0, 0.05) is 0 Å². The van der Waals surface area contributed by atoms with Gasteiger partial charge in [0.25, 0.3) is 0 Å². The minimum Gasteiger partial charge on any atom is -0.491 e. The molecule has 1 aromatic carbocycles. The van der Waals surface area contributed by atoms with Crippen LogP contribution in [0.2, 0.25) is 0 Å². The van der Waals surface area contributed by atoms with Crippen LogP contribution in [0.15, 0.2) is 18.2 Å². The highest BCUT2D eigenvalue weighted by atomic mass is 16.5. The van der Waals surface area contributed by atoms with Crippen LogP contribution in [0.3, 0.4) is 0 Å². The zero-order chi connectivity index (χ0) is 11.1. The lowest BCUT2D eigenvalue weighted by molar-refractivity contribution is 0.0703. The van der Waals surface area contributed by atoms with Gasteiger partial charge in [-0.15, -0.1) is 0 Å². The summed E-state index contributed by atoms with van der Waals surface area (Å²) in [6, 6.07) is 6.12. The highest BCUT2D eigenvalue weighted by molar-refractivity contribution is 5.35. The van der Waals surface area contributed by atoms with Crippen LogP contribution in [-0.2, 0) is 4.74 Å². The molecule has 0 heterocycles. The van der Waals surface area contributed by atoms with Gasteiger partial charge in [0.05, 0.1) is 19.8 Å². The topological polar surface area (TPSA) is 38.7 Å². The summed E-state index contributed by atoms with van der Waals surface area (Å²) in [4.78, 5) is 0. The summed E-state index contributed by atoms with van der Waals surface area (Å²) < 4.78 is 10.7. The van der Waals surface area contributed by atoms with E-state index in [9.17, 15) is 0 Å². The number of aliphatic hydroxyl groups excluding tert-OH is 1. The Hall–Kier alpha value is -1.06. The molecule has 0 radical (unpaired) electrons. The molecule has 15 heavy (non-hydrogen) atoms. The zero-order valence-corrected chi connectivity index (χ0v) is 9.32. The van der Waals surface area contributed by atoms with Gasteiger partial charge in [0.1, 0.15) is 12.4 Å². The van der Waals surface area contributed by atoms with Crippen molar-refractivity contribution in [2.75, 3.05) is 26.4 Å². The number of hydrogen-bond acceptors (Lipinski definition) is 3. The summed E-state index contributed by atoms with van der Waals surface area (Å²) in [5.74, 6) is 0.905. The largest absolute Gasteiger partial charge is 0.491 e. The maximum absolute atomic E-state index is 8.50. The van der Waals surface area contributed by atoms with E-state index in [0.717, 1.165) is 11.3 Å². The van der Waals surface area contributed by atoms with E-state index in [1.807, 2.05) is 26.0 Å². The maximum Gasteiger partial charge on any atom is 0.122 e. The van der Waals surface area contributed by atoms with E-state index in [4.69, 9.17) is 14.6 Å². The summed E-state index contributed by atoms with van der Waals surface area (Å²) >= 11 is 0. The summed E-state index contributed by atoms with van der Waals surface area (Å²) in [5.41, 5.74) is 2.31. The summed E-state index contributed by atoms with van der Waals surface area (Å²) in [7, 11) is 0. The Morgan fingerprint density at radius 1 is 1.13 bits per heavy atom. The first kappa shape index (κ1) is 12.0. The van der Waals surface area contributed by atoms with E-state index in [2.05, 4.69) is 6.07 Å². The Labute approximate surface area is 90.6 Å². The smallest absolute Gasteiger partial charge is 0.122 e. The van der Waals surface area contributed by atoms with Crippen LogP contribution in [0.25, 0.3) is 0 Å². The Balaban J connectivity index is 2.33. The molecule has 3 nitrogen and oxygen atoms in total. The first-order valence-corrected chi connectivity index (χ1v) is 5.12. The fraction of sp³-hybridized carbons (Fsp3) is 0.500. The SMILES string of the molecule is Cc1ccc(C)c(OCCOCCO)c1. The van der Waals surface area contributed by atoms with Crippen molar-refractivity contribution in [3.63, 3.8) is 0 Å². The predicted octanol–water partition coefficient (Wildman–Crippen LogP) is 1.69. The molecular weight excluding hydrogens is 192 g/mol. The fourth-order valence-electron chi connectivity index (χ4n) is 1.24. The summed E-state index contributed by atoms with van der Waals surface area (Å²) in [6.07, 6.45) is 0. The lowest BCUT2D eigenvalue weighted by Crippen LogP contribution is -2.09. The molecule has 0 atom stereocenters. The predicted molar refractivity (Wildman–Crippen MR) is 59.3 cm³/mol. The first-order valence-electron chi connectivity index (χ1n) is 5.12. The highest BCUT2D eigenvalue weighted by Crippen LogP contribution is 2.18. The van der Waals surface area contributed by atoms with Crippen LogP contribution in [0, 0.1) is 13.8 Å². The van der Waals surface area contributed by atoms with Crippen molar-refractivity contribution in [2.45, 2.75) is 13.8 Å². The van der Waals surface area contributed by atoms with Crippen LogP contribution in [0.4, 0.5) is 0 Å². The van der Waals surface area contributed by atoms with Gasteiger partial charge in [-0.25, -0.2) is 0 Å². The van der Waals surface area contributed by atoms with Crippen LogP contribution in [0.1, 0.15) is 11.1 Å². The first-order chi connectivity index (χ1) is 7.24. The molecule has 0 bridgehead atoms. The van der Waals surface area contributed by atoms with Gasteiger partial charge in [0.2, 0.25) is 0 Å². The van der Waals surface area contributed by atoms with E-state index < -0.39 is 0 Å². The second-order valence-electron chi connectivity index (χ2n) is 3.45. The molecule has 3 heteroatoms. The van der Waals surface area contributed by atoms with Crippen LogP contribution < -0.4 is 4.74 Å². The summed E-state index contributed by atoms with van der Waals surface area (Å²) in [6.45, 7) is 5.51. The van der Waals surface area contributed by atoms with Gasteiger partial charge >= 0.3 is 0 Å². The van der Waals surface area contributed by atoms with E-state index in [-0.39, 0.29) is 6.61 Å². The molecule has 0 saturated heterocycles. The normalized spacial score (nSPS) is 10.3. The Bertz CT molecular complexity index is 297. The van der Waals surface area contributed by atoms with Crippen LogP contribution in [-0.4, -0.2) is 31.5 Å². The molecule has 0 aliphatic rings. The summed E-state index contributed by atoms with van der Waals surface area (Å²) in [5, 5.41) is 8.50. The minimum atomic E-state index is 0.0590. The molecule has 0 spiro atoms. The number of benzene rings is 1. The van der Waals surface area contributed by atoms with Crippen molar-refractivity contribution in [2.24, 2.45) is 0 Å². The van der Waals surface area contributed by atoms with E-state index in [1.54, 1.807) is 0 Å². The van der Waals surface area contributed by atoms with Gasteiger partial charge in [-0.3, -0.25) is 0 Å². The van der Waals surface area contributed by atoms with Gasteiger partial charge < -0.3 is 14.6 Å². The average Bonchev–Trinajstić information content (AvgIpc) is 2.23. The molecular formula is C12H18O3. The molecule has 1 N–H and O–H groups in total. The molecule has 1 rings (SSSR count). The fourth-order valence-corrected chi connectivity index (χ4v) is 1.24. The monoisotopic (exact) mass is 210 g/mol. The number of aliphatic hydroxyl groups is 1. The standard InChI is InChI=1S/C12H18O3/c1-10-3-4-11(2)12(9-10)15-8-7-14-6-5-13/h3-4,9,13H,5-8H2,1-2H3. The van der Waals surface area contributed by atoms with E-state index in [1.165, 1.54) is 5.56 Å². The molecule has 0 unspecified atom stereocenters. The van der Waals surface area contributed by atoms with Gasteiger partial charge in [-0.2, -0.15) is 0 Å². The van der Waals surface area contributed by atoms with Crippen molar-refractivity contribution in [1.82, 2.24) is 0 Å². The lowest BCUT2D eigenvalue weighted by Gasteiger charge is -2.09. The number of rotatable bonds is 6. The van der Waals surface area contributed by atoms with Gasteiger partial charge in [-0.1, -0.05) is 12.1 Å². The molecule has 0 aliphatic heterocycles. The molecule has 0 aromatic heterocycles. The average molecular weight is 210 g/mol.